The number of hydrogen-bond acceptors (Lipinski definition) is 0. The second-order valence-electron chi connectivity index (χ2n) is 4.67. The first-order chi connectivity index (χ1) is 7.65. The van der Waals surface area contributed by atoms with E-state index in [4.69, 9.17) is 0 Å². The highest BCUT2D eigenvalue weighted by Crippen LogP contribution is 2.31. The Labute approximate surface area is 109 Å². The van der Waals surface area contributed by atoms with Crippen LogP contribution in [0.1, 0.15) is 69.1 Å². The van der Waals surface area contributed by atoms with Crippen LogP contribution in [0.15, 0.2) is 18.2 Å². The molecule has 1 aromatic carbocycles. The molecule has 2 atom stereocenters. The van der Waals surface area contributed by atoms with Gasteiger partial charge in [-0.3, -0.25) is 0 Å². The van der Waals surface area contributed by atoms with Crippen LogP contribution >= 0.6 is 15.9 Å². The Balaban J connectivity index is 3.20. The van der Waals surface area contributed by atoms with Gasteiger partial charge in [0.15, 0.2) is 0 Å². The molecule has 1 heteroatoms. The van der Waals surface area contributed by atoms with Crippen molar-refractivity contribution in [2.75, 3.05) is 0 Å². The average Bonchev–Trinajstić information content (AvgIpc) is 2.35. The number of rotatable bonds is 5. The van der Waals surface area contributed by atoms with E-state index in [1.165, 1.54) is 29.5 Å². The molecule has 1 rings (SSSR count). The lowest BCUT2D eigenvalue weighted by atomic mass is 9.86. The smallest absolute Gasteiger partial charge is 0.0288 e. The Morgan fingerprint density at radius 2 is 1.44 bits per heavy atom. The average molecular weight is 283 g/mol. The first kappa shape index (κ1) is 13.8. The van der Waals surface area contributed by atoms with Crippen molar-refractivity contribution in [3.05, 3.63) is 34.9 Å². The van der Waals surface area contributed by atoms with Gasteiger partial charge in [-0.05, 0) is 41.4 Å². The predicted octanol–water partition coefficient (Wildman–Crippen LogP) is 5.61. The van der Waals surface area contributed by atoms with Crippen LogP contribution in [0.5, 0.6) is 0 Å². The largest absolute Gasteiger partial charge is 0.0876 e. The van der Waals surface area contributed by atoms with E-state index in [0.29, 0.717) is 11.8 Å². The van der Waals surface area contributed by atoms with Gasteiger partial charge in [-0.15, -0.1) is 0 Å². The molecule has 0 amide bonds. The molecule has 0 nitrogen and oxygen atoms in total. The summed E-state index contributed by atoms with van der Waals surface area (Å²) in [6.45, 7) is 9.17. The van der Waals surface area contributed by atoms with Crippen LogP contribution in [-0.2, 0) is 5.33 Å². The lowest BCUT2D eigenvalue weighted by molar-refractivity contribution is 0.701. The second kappa shape index (κ2) is 6.44. The summed E-state index contributed by atoms with van der Waals surface area (Å²) in [6, 6.07) is 6.79. The highest BCUT2D eigenvalue weighted by Gasteiger charge is 2.14. The Morgan fingerprint density at radius 3 is 1.75 bits per heavy atom. The van der Waals surface area contributed by atoms with Gasteiger partial charge < -0.3 is 0 Å². The summed E-state index contributed by atoms with van der Waals surface area (Å²) in [6.07, 6.45) is 2.42. The van der Waals surface area contributed by atoms with Gasteiger partial charge in [-0.25, -0.2) is 0 Å². The quantitative estimate of drug-likeness (QED) is 0.616. The number of benzene rings is 1. The Kier molecular flexibility index (Phi) is 5.54. The Hall–Kier alpha value is -0.300. The van der Waals surface area contributed by atoms with Crippen LogP contribution in [0.2, 0.25) is 0 Å². The number of hydrogen-bond donors (Lipinski definition) is 0. The van der Waals surface area contributed by atoms with Gasteiger partial charge in [0.05, 0.1) is 0 Å². The van der Waals surface area contributed by atoms with E-state index < -0.39 is 0 Å². The van der Waals surface area contributed by atoms with Gasteiger partial charge in [0.2, 0.25) is 0 Å². The van der Waals surface area contributed by atoms with E-state index in [0.717, 1.165) is 5.33 Å². The summed E-state index contributed by atoms with van der Waals surface area (Å²) >= 11 is 3.65. The Morgan fingerprint density at radius 1 is 1.00 bits per heavy atom. The summed E-state index contributed by atoms with van der Waals surface area (Å²) in [7, 11) is 0. The van der Waals surface area contributed by atoms with E-state index in [1.807, 2.05) is 0 Å². The van der Waals surface area contributed by atoms with Crippen molar-refractivity contribution in [2.24, 2.45) is 0 Å². The second-order valence-corrected chi connectivity index (χ2v) is 5.23. The minimum Gasteiger partial charge on any atom is -0.0876 e. The van der Waals surface area contributed by atoms with Crippen LogP contribution in [0.4, 0.5) is 0 Å². The molecule has 0 saturated carbocycles. The van der Waals surface area contributed by atoms with Crippen LogP contribution in [-0.4, -0.2) is 0 Å². The molecule has 16 heavy (non-hydrogen) atoms. The molecular formula is C15H23Br. The fourth-order valence-corrected chi connectivity index (χ4v) is 2.79. The van der Waals surface area contributed by atoms with Crippen LogP contribution in [0.25, 0.3) is 0 Å². The zero-order valence-corrected chi connectivity index (χ0v) is 12.5. The summed E-state index contributed by atoms with van der Waals surface area (Å²) in [5, 5.41) is 0.979. The number of alkyl halides is 1. The lowest BCUT2D eigenvalue weighted by Crippen LogP contribution is -2.03. The van der Waals surface area contributed by atoms with Crippen molar-refractivity contribution < 1.29 is 0 Å². The minimum absolute atomic E-state index is 0.663. The van der Waals surface area contributed by atoms with Crippen molar-refractivity contribution in [2.45, 2.75) is 57.7 Å². The molecule has 0 aliphatic heterocycles. The van der Waals surface area contributed by atoms with Gasteiger partial charge >= 0.3 is 0 Å². The molecule has 0 radical (unpaired) electrons. The van der Waals surface area contributed by atoms with Crippen molar-refractivity contribution in [1.29, 1.82) is 0 Å². The maximum Gasteiger partial charge on any atom is 0.0288 e. The first-order valence-corrected chi connectivity index (χ1v) is 7.45. The molecule has 1 aromatic rings. The van der Waals surface area contributed by atoms with E-state index in [1.54, 1.807) is 0 Å². The van der Waals surface area contributed by atoms with Crippen molar-refractivity contribution in [3.8, 4) is 0 Å². The van der Waals surface area contributed by atoms with Gasteiger partial charge in [0, 0.05) is 5.33 Å². The van der Waals surface area contributed by atoms with Gasteiger partial charge in [-0.2, -0.15) is 0 Å². The highest BCUT2D eigenvalue weighted by molar-refractivity contribution is 9.08. The maximum atomic E-state index is 3.65. The molecule has 0 saturated heterocycles. The molecular weight excluding hydrogens is 260 g/mol. The molecule has 0 N–H and O–H groups in total. The lowest BCUT2D eigenvalue weighted by Gasteiger charge is -2.20. The van der Waals surface area contributed by atoms with Gasteiger partial charge in [0.25, 0.3) is 0 Å². The van der Waals surface area contributed by atoms with Crippen LogP contribution in [0.3, 0.4) is 0 Å². The number of halogens is 1. The summed E-state index contributed by atoms with van der Waals surface area (Å²) in [5.41, 5.74) is 4.57. The highest BCUT2D eigenvalue weighted by atomic mass is 79.9. The van der Waals surface area contributed by atoms with Gasteiger partial charge in [0.1, 0.15) is 0 Å². The molecule has 0 fully saturated rings. The zero-order chi connectivity index (χ0) is 12.1. The predicted molar refractivity (Wildman–Crippen MR) is 76.5 cm³/mol. The maximum absolute atomic E-state index is 3.65. The molecule has 0 aliphatic carbocycles. The van der Waals surface area contributed by atoms with E-state index >= 15 is 0 Å². The normalized spacial score (nSPS) is 14.8. The van der Waals surface area contributed by atoms with E-state index in [-0.39, 0.29) is 0 Å². The summed E-state index contributed by atoms with van der Waals surface area (Å²) in [5.74, 6) is 1.33. The molecule has 0 aliphatic rings. The zero-order valence-electron chi connectivity index (χ0n) is 10.9. The SMILES string of the molecule is CCC(C)c1cccc(C(C)CC)c1CBr. The Bertz CT molecular complexity index is 302. The third-order valence-corrected chi connectivity index (χ3v) is 4.23. The molecule has 0 aromatic heterocycles. The molecule has 0 heterocycles. The van der Waals surface area contributed by atoms with E-state index in [2.05, 4.69) is 61.8 Å². The van der Waals surface area contributed by atoms with Crippen LogP contribution in [0, 0.1) is 0 Å². The van der Waals surface area contributed by atoms with E-state index in [9.17, 15) is 0 Å². The van der Waals surface area contributed by atoms with Crippen LogP contribution < -0.4 is 0 Å². The summed E-state index contributed by atoms with van der Waals surface area (Å²) < 4.78 is 0. The van der Waals surface area contributed by atoms with Gasteiger partial charge in [-0.1, -0.05) is 61.8 Å². The summed E-state index contributed by atoms with van der Waals surface area (Å²) in [4.78, 5) is 0. The van der Waals surface area contributed by atoms with Crippen molar-refractivity contribution >= 4 is 15.9 Å². The van der Waals surface area contributed by atoms with Crippen molar-refractivity contribution in [1.82, 2.24) is 0 Å². The molecule has 0 bridgehead atoms. The monoisotopic (exact) mass is 282 g/mol. The fraction of sp³-hybridized carbons (Fsp3) is 0.600. The standard InChI is InChI=1S/C15H23Br/c1-5-11(3)13-8-7-9-14(12(4)6-2)15(13)10-16/h7-9,11-12H,5-6,10H2,1-4H3. The van der Waals surface area contributed by atoms with Crippen molar-refractivity contribution in [3.63, 3.8) is 0 Å². The molecule has 90 valence electrons. The topological polar surface area (TPSA) is 0 Å². The molecule has 0 spiro atoms. The minimum atomic E-state index is 0.663. The third kappa shape index (κ3) is 2.88. The third-order valence-electron chi connectivity index (χ3n) is 3.67. The molecule has 2 unspecified atom stereocenters. The fourth-order valence-electron chi connectivity index (χ4n) is 2.14. The first-order valence-electron chi connectivity index (χ1n) is 6.33.